The molecule has 0 N–H and O–H groups in total. The van der Waals surface area contributed by atoms with Crippen LogP contribution in [0.1, 0.15) is 44.9 Å². The van der Waals surface area contributed by atoms with Crippen molar-refractivity contribution in [3.63, 3.8) is 0 Å². The van der Waals surface area contributed by atoms with Crippen LogP contribution in [-0.2, 0) is 15.0 Å². The molecule has 1 atom stereocenters. The van der Waals surface area contributed by atoms with Crippen LogP contribution in [0, 0.1) is 5.92 Å². The first kappa shape index (κ1) is 17.7. The summed E-state index contributed by atoms with van der Waals surface area (Å²) in [7, 11) is 1.54. The smallest absolute Gasteiger partial charge is 0.281 e. The highest BCUT2D eigenvalue weighted by Crippen LogP contribution is 2.26. The Kier molecular flexibility index (Phi) is 5.85. The number of rotatable bonds is 4. The van der Waals surface area contributed by atoms with Crippen molar-refractivity contribution >= 4 is 16.1 Å². The molecule has 0 aromatic rings. The zero-order valence-corrected chi connectivity index (χ0v) is 14.8. The molecule has 7 heteroatoms. The third kappa shape index (κ3) is 3.81. The zero-order chi connectivity index (χ0) is 16.3. The summed E-state index contributed by atoms with van der Waals surface area (Å²) >= 11 is 0. The van der Waals surface area contributed by atoms with Crippen LogP contribution < -0.4 is 0 Å². The van der Waals surface area contributed by atoms with Gasteiger partial charge in [-0.05, 0) is 25.7 Å². The minimum atomic E-state index is -3.42. The highest BCUT2D eigenvalue weighted by molar-refractivity contribution is 7.86. The van der Waals surface area contributed by atoms with Crippen molar-refractivity contribution < 1.29 is 13.2 Å². The first-order chi connectivity index (χ1) is 10.3. The average molecular weight is 331 g/mol. The Morgan fingerprint density at radius 3 is 2.23 bits per heavy atom. The molecule has 6 nitrogen and oxygen atoms in total. The van der Waals surface area contributed by atoms with E-state index in [9.17, 15) is 13.2 Å². The van der Waals surface area contributed by atoms with E-state index in [0.29, 0.717) is 19.1 Å². The Bertz CT molecular complexity index is 486. The summed E-state index contributed by atoms with van der Waals surface area (Å²) in [6.45, 7) is 0.827. The van der Waals surface area contributed by atoms with E-state index >= 15 is 0 Å². The molecule has 2 fully saturated rings. The Morgan fingerprint density at radius 1 is 1.00 bits per heavy atom. The number of carbonyl (C=O) groups is 1. The molecular weight excluding hydrogens is 302 g/mol. The van der Waals surface area contributed by atoms with Crippen molar-refractivity contribution in [1.29, 1.82) is 0 Å². The van der Waals surface area contributed by atoms with Gasteiger partial charge in [0.25, 0.3) is 10.2 Å². The summed E-state index contributed by atoms with van der Waals surface area (Å²) < 4.78 is 27.2. The highest BCUT2D eigenvalue weighted by Gasteiger charge is 2.35. The molecule has 1 saturated carbocycles. The summed E-state index contributed by atoms with van der Waals surface area (Å²) in [6, 6.07) is 0.335. The van der Waals surface area contributed by atoms with Crippen LogP contribution in [-0.4, -0.2) is 68.1 Å². The fraction of sp³-hybridized carbons (Fsp3) is 0.933. The predicted octanol–water partition coefficient (Wildman–Crippen LogP) is 1.30. The standard InChI is InChI=1S/C15H29N3O3S/c1-16(2)22(20,21)18-11-7-8-13(12-18)15(19)17(3)14-9-5-4-6-10-14/h13-14H,4-12H2,1-3H3. The van der Waals surface area contributed by atoms with Crippen LogP contribution in [0.25, 0.3) is 0 Å². The van der Waals surface area contributed by atoms with Gasteiger partial charge in [-0.1, -0.05) is 19.3 Å². The summed E-state index contributed by atoms with van der Waals surface area (Å²) in [5.41, 5.74) is 0. The Hall–Kier alpha value is -0.660. The third-order valence-electron chi connectivity index (χ3n) is 4.99. The zero-order valence-electron chi connectivity index (χ0n) is 14.0. The molecule has 1 aliphatic heterocycles. The minimum Gasteiger partial charge on any atom is -0.342 e. The van der Waals surface area contributed by atoms with Gasteiger partial charge in [-0.2, -0.15) is 17.0 Å². The van der Waals surface area contributed by atoms with Crippen molar-refractivity contribution in [2.75, 3.05) is 34.2 Å². The molecule has 1 heterocycles. The van der Waals surface area contributed by atoms with E-state index in [4.69, 9.17) is 0 Å². The van der Waals surface area contributed by atoms with E-state index in [2.05, 4.69) is 0 Å². The monoisotopic (exact) mass is 331 g/mol. The topological polar surface area (TPSA) is 60.9 Å². The summed E-state index contributed by atoms with van der Waals surface area (Å²) in [5.74, 6) is -0.0824. The van der Waals surface area contributed by atoms with Crippen molar-refractivity contribution in [2.24, 2.45) is 5.92 Å². The van der Waals surface area contributed by atoms with Gasteiger partial charge >= 0.3 is 0 Å². The van der Waals surface area contributed by atoms with Gasteiger partial charge in [0.2, 0.25) is 5.91 Å². The molecule has 0 radical (unpaired) electrons. The van der Waals surface area contributed by atoms with Crippen LogP contribution in [0.2, 0.25) is 0 Å². The van der Waals surface area contributed by atoms with Gasteiger partial charge in [-0.15, -0.1) is 0 Å². The number of piperidine rings is 1. The molecular formula is C15H29N3O3S. The average Bonchev–Trinajstić information content (AvgIpc) is 2.54. The van der Waals surface area contributed by atoms with Crippen LogP contribution in [0.4, 0.5) is 0 Å². The van der Waals surface area contributed by atoms with Gasteiger partial charge in [0.05, 0.1) is 5.92 Å². The molecule has 1 saturated heterocycles. The van der Waals surface area contributed by atoms with E-state index in [0.717, 1.165) is 25.7 Å². The molecule has 2 rings (SSSR count). The lowest BCUT2D eigenvalue weighted by Crippen LogP contribution is -2.50. The number of hydrogen-bond donors (Lipinski definition) is 0. The summed E-state index contributed by atoms with van der Waals surface area (Å²) in [4.78, 5) is 14.6. The molecule has 0 aromatic carbocycles. The van der Waals surface area contributed by atoms with Gasteiger partial charge in [0, 0.05) is 40.3 Å². The van der Waals surface area contributed by atoms with Gasteiger partial charge < -0.3 is 4.90 Å². The maximum absolute atomic E-state index is 12.7. The Labute approximate surface area is 134 Å². The van der Waals surface area contributed by atoms with Crippen molar-refractivity contribution in [1.82, 2.24) is 13.5 Å². The van der Waals surface area contributed by atoms with Gasteiger partial charge in [0.15, 0.2) is 0 Å². The second-order valence-electron chi connectivity index (χ2n) is 6.73. The SMILES string of the molecule is CN(C(=O)C1CCCN(S(=O)(=O)N(C)C)C1)C1CCCCC1. The van der Waals surface area contributed by atoms with E-state index < -0.39 is 10.2 Å². The maximum atomic E-state index is 12.7. The highest BCUT2D eigenvalue weighted by atomic mass is 32.2. The van der Waals surface area contributed by atoms with E-state index in [1.165, 1.54) is 42.0 Å². The third-order valence-corrected chi connectivity index (χ3v) is 6.90. The van der Waals surface area contributed by atoms with Crippen LogP contribution in [0.15, 0.2) is 0 Å². The number of nitrogens with zero attached hydrogens (tertiary/aromatic N) is 3. The lowest BCUT2D eigenvalue weighted by atomic mass is 9.92. The lowest BCUT2D eigenvalue weighted by molar-refractivity contribution is -0.138. The molecule has 0 bridgehead atoms. The van der Waals surface area contributed by atoms with Crippen molar-refractivity contribution in [3.8, 4) is 0 Å². The summed E-state index contributed by atoms with van der Waals surface area (Å²) in [6.07, 6.45) is 7.33. The molecule has 0 aromatic heterocycles. The van der Waals surface area contributed by atoms with Crippen LogP contribution >= 0.6 is 0 Å². The predicted molar refractivity (Wildman–Crippen MR) is 86.5 cm³/mol. The Balaban J connectivity index is 2.00. The number of hydrogen-bond acceptors (Lipinski definition) is 3. The van der Waals surface area contributed by atoms with Crippen LogP contribution in [0.3, 0.4) is 0 Å². The van der Waals surface area contributed by atoms with Crippen molar-refractivity contribution in [2.45, 2.75) is 51.0 Å². The minimum absolute atomic E-state index is 0.116. The fourth-order valence-electron chi connectivity index (χ4n) is 3.52. The normalized spacial score (nSPS) is 25.4. The van der Waals surface area contributed by atoms with E-state index in [1.54, 1.807) is 0 Å². The molecule has 1 unspecified atom stereocenters. The summed E-state index contributed by atoms with van der Waals surface area (Å²) in [5, 5.41) is 0. The first-order valence-electron chi connectivity index (χ1n) is 8.28. The van der Waals surface area contributed by atoms with Gasteiger partial charge in [-0.3, -0.25) is 4.79 Å². The number of carbonyl (C=O) groups excluding carboxylic acids is 1. The molecule has 2 aliphatic rings. The molecule has 22 heavy (non-hydrogen) atoms. The number of amides is 1. The largest absolute Gasteiger partial charge is 0.342 e. The van der Waals surface area contributed by atoms with Gasteiger partial charge in [-0.25, -0.2) is 0 Å². The second kappa shape index (κ2) is 7.27. The first-order valence-corrected chi connectivity index (χ1v) is 9.68. The maximum Gasteiger partial charge on any atom is 0.281 e. The van der Waals surface area contributed by atoms with Crippen LogP contribution in [0.5, 0.6) is 0 Å². The van der Waals surface area contributed by atoms with E-state index in [1.807, 2.05) is 11.9 Å². The molecule has 128 valence electrons. The lowest BCUT2D eigenvalue weighted by Gasteiger charge is -2.37. The van der Waals surface area contributed by atoms with E-state index in [-0.39, 0.29) is 11.8 Å². The second-order valence-corrected chi connectivity index (χ2v) is 8.87. The molecule has 1 aliphatic carbocycles. The Morgan fingerprint density at radius 2 is 1.64 bits per heavy atom. The fourth-order valence-corrected chi connectivity index (χ4v) is 4.71. The quantitative estimate of drug-likeness (QED) is 0.780. The van der Waals surface area contributed by atoms with Gasteiger partial charge in [0.1, 0.15) is 0 Å². The van der Waals surface area contributed by atoms with Crippen molar-refractivity contribution in [3.05, 3.63) is 0 Å². The molecule has 0 spiro atoms. The molecule has 1 amide bonds.